The van der Waals surface area contributed by atoms with Crippen LogP contribution in [0.3, 0.4) is 0 Å². The maximum atomic E-state index is 6.08. The van der Waals surface area contributed by atoms with Gasteiger partial charge >= 0.3 is 0 Å². The largest absolute Gasteiger partial charge is 0.496 e. The van der Waals surface area contributed by atoms with E-state index in [4.69, 9.17) is 15.2 Å². The molecule has 1 aromatic rings. The lowest BCUT2D eigenvalue weighted by Crippen LogP contribution is -2.18. The summed E-state index contributed by atoms with van der Waals surface area (Å²) in [6.45, 7) is 3.75. The van der Waals surface area contributed by atoms with Gasteiger partial charge in [-0.3, -0.25) is 0 Å². The first kappa shape index (κ1) is 13.7. The molecule has 0 bridgehead atoms. The summed E-state index contributed by atoms with van der Waals surface area (Å²) in [5.74, 6) is 0.891. The van der Waals surface area contributed by atoms with Crippen molar-refractivity contribution >= 4 is 11.8 Å². The minimum Gasteiger partial charge on any atom is -0.496 e. The van der Waals surface area contributed by atoms with E-state index in [2.05, 4.69) is 6.07 Å². The van der Waals surface area contributed by atoms with Crippen molar-refractivity contribution in [2.24, 2.45) is 5.73 Å². The van der Waals surface area contributed by atoms with Crippen LogP contribution in [0.2, 0.25) is 0 Å². The summed E-state index contributed by atoms with van der Waals surface area (Å²) in [4.78, 5) is 1.25. The Morgan fingerprint density at radius 1 is 1.39 bits per heavy atom. The Labute approximate surface area is 113 Å². The van der Waals surface area contributed by atoms with Gasteiger partial charge in [-0.15, -0.1) is 11.8 Å². The molecular weight excluding hydrogens is 246 g/mol. The van der Waals surface area contributed by atoms with Crippen molar-refractivity contribution < 1.29 is 9.47 Å². The molecular formula is C14H21NO2S. The molecule has 18 heavy (non-hydrogen) atoms. The molecule has 1 aliphatic heterocycles. The average Bonchev–Trinajstić information content (AvgIpc) is 2.39. The van der Waals surface area contributed by atoms with Gasteiger partial charge in [-0.2, -0.15) is 0 Å². The first-order chi connectivity index (χ1) is 8.72. The summed E-state index contributed by atoms with van der Waals surface area (Å²) in [7, 11) is 1.70. The molecule has 100 valence electrons. The Hall–Kier alpha value is -0.710. The standard InChI is InChI=1S/C14H21NO2S/c1-10(15)14-12(16-2)4-3-5-13(14)18-11-6-8-17-9-7-11/h3-5,10-11H,6-9,15H2,1-2H3. The molecule has 1 aromatic carbocycles. The van der Waals surface area contributed by atoms with Gasteiger partial charge < -0.3 is 15.2 Å². The summed E-state index contributed by atoms with van der Waals surface area (Å²) in [5.41, 5.74) is 7.20. The molecule has 1 aliphatic rings. The van der Waals surface area contributed by atoms with Crippen molar-refractivity contribution in [3.63, 3.8) is 0 Å². The number of benzene rings is 1. The summed E-state index contributed by atoms with van der Waals surface area (Å²) in [6, 6.07) is 6.14. The fourth-order valence-corrected chi connectivity index (χ4v) is 3.58. The van der Waals surface area contributed by atoms with E-state index in [1.165, 1.54) is 4.90 Å². The molecule has 0 amide bonds. The van der Waals surface area contributed by atoms with E-state index in [1.807, 2.05) is 30.8 Å². The molecule has 0 aliphatic carbocycles. The average molecular weight is 267 g/mol. The van der Waals surface area contributed by atoms with Gasteiger partial charge in [0.1, 0.15) is 5.75 Å². The second kappa shape index (κ2) is 6.45. The van der Waals surface area contributed by atoms with E-state index < -0.39 is 0 Å². The number of hydrogen-bond donors (Lipinski definition) is 1. The maximum absolute atomic E-state index is 6.08. The Morgan fingerprint density at radius 2 is 2.11 bits per heavy atom. The predicted octanol–water partition coefficient (Wildman–Crippen LogP) is 2.99. The molecule has 3 nitrogen and oxygen atoms in total. The van der Waals surface area contributed by atoms with Crippen molar-refractivity contribution in [3.05, 3.63) is 23.8 Å². The fourth-order valence-electron chi connectivity index (χ4n) is 2.23. The monoisotopic (exact) mass is 267 g/mol. The molecule has 0 aromatic heterocycles. The Morgan fingerprint density at radius 3 is 2.72 bits per heavy atom. The lowest BCUT2D eigenvalue weighted by molar-refractivity contribution is 0.1000. The van der Waals surface area contributed by atoms with Gasteiger partial charge in [-0.25, -0.2) is 0 Å². The van der Waals surface area contributed by atoms with Gasteiger partial charge in [-0.1, -0.05) is 6.07 Å². The molecule has 1 unspecified atom stereocenters. The van der Waals surface area contributed by atoms with Crippen molar-refractivity contribution in [1.29, 1.82) is 0 Å². The first-order valence-corrected chi connectivity index (χ1v) is 7.27. The van der Waals surface area contributed by atoms with E-state index in [9.17, 15) is 0 Å². The van der Waals surface area contributed by atoms with Crippen LogP contribution in [0.15, 0.2) is 23.1 Å². The fraction of sp³-hybridized carbons (Fsp3) is 0.571. The van der Waals surface area contributed by atoms with Crippen LogP contribution in [0, 0.1) is 0 Å². The lowest BCUT2D eigenvalue weighted by atomic mass is 10.1. The molecule has 1 atom stereocenters. The lowest BCUT2D eigenvalue weighted by Gasteiger charge is -2.24. The molecule has 2 N–H and O–H groups in total. The van der Waals surface area contributed by atoms with E-state index in [-0.39, 0.29) is 6.04 Å². The van der Waals surface area contributed by atoms with Crippen LogP contribution < -0.4 is 10.5 Å². The Kier molecular flexibility index (Phi) is 4.92. The van der Waals surface area contributed by atoms with Gasteiger partial charge in [0.15, 0.2) is 0 Å². The zero-order valence-electron chi connectivity index (χ0n) is 11.0. The molecule has 1 heterocycles. The van der Waals surface area contributed by atoms with Crippen LogP contribution in [0.5, 0.6) is 5.75 Å². The van der Waals surface area contributed by atoms with Crippen LogP contribution in [-0.4, -0.2) is 25.6 Å². The zero-order chi connectivity index (χ0) is 13.0. The molecule has 2 rings (SSSR count). The van der Waals surface area contributed by atoms with E-state index >= 15 is 0 Å². The molecule has 1 saturated heterocycles. The second-order valence-corrected chi connectivity index (χ2v) is 5.93. The molecule has 0 radical (unpaired) electrons. The maximum Gasteiger partial charge on any atom is 0.124 e. The highest BCUT2D eigenvalue weighted by Gasteiger charge is 2.19. The molecule has 4 heteroatoms. The third-order valence-corrected chi connectivity index (χ3v) is 4.58. The summed E-state index contributed by atoms with van der Waals surface area (Å²) in [6.07, 6.45) is 2.22. The zero-order valence-corrected chi connectivity index (χ0v) is 11.8. The van der Waals surface area contributed by atoms with Crippen LogP contribution in [-0.2, 0) is 4.74 Å². The minimum absolute atomic E-state index is 0.0107. The van der Waals surface area contributed by atoms with E-state index in [0.717, 1.165) is 37.4 Å². The molecule has 0 saturated carbocycles. The van der Waals surface area contributed by atoms with Crippen molar-refractivity contribution in [1.82, 2.24) is 0 Å². The number of methoxy groups -OCH3 is 1. The summed E-state index contributed by atoms with van der Waals surface area (Å²) < 4.78 is 10.8. The van der Waals surface area contributed by atoms with Crippen LogP contribution in [0.25, 0.3) is 0 Å². The van der Waals surface area contributed by atoms with Gasteiger partial charge in [0.2, 0.25) is 0 Å². The van der Waals surface area contributed by atoms with Crippen LogP contribution in [0.1, 0.15) is 31.4 Å². The van der Waals surface area contributed by atoms with Gasteiger partial charge in [0, 0.05) is 35.0 Å². The Bertz CT molecular complexity index is 389. The molecule has 1 fully saturated rings. The van der Waals surface area contributed by atoms with E-state index in [0.29, 0.717) is 5.25 Å². The minimum atomic E-state index is -0.0107. The van der Waals surface area contributed by atoms with Crippen LogP contribution in [0.4, 0.5) is 0 Å². The van der Waals surface area contributed by atoms with Gasteiger partial charge in [0.05, 0.1) is 7.11 Å². The normalized spacial score (nSPS) is 18.6. The smallest absolute Gasteiger partial charge is 0.124 e. The topological polar surface area (TPSA) is 44.5 Å². The Balaban J connectivity index is 2.20. The second-order valence-electron chi connectivity index (χ2n) is 4.59. The van der Waals surface area contributed by atoms with Crippen molar-refractivity contribution in [2.75, 3.05) is 20.3 Å². The number of thioether (sulfide) groups is 1. The van der Waals surface area contributed by atoms with Gasteiger partial charge in [-0.05, 0) is 31.9 Å². The highest BCUT2D eigenvalue weighted by molar-refractivity contribution is 8.00. The van der Waals surface area contributed by atoms with Crippen molar-refractivity contribution in [3.8, 4) is 5.75 Å². The highest BCUT2D eigenvalue weighted by Crippen LogP contribution is 2.38. The number of rotatable bonds is 4. The summed E-state index contributed by atoms with van der Waals surface area (Å²) >= 11 is 1.91. The van der Waals surface area contributed by atoms with E-state index in [1.54, 1.807) is 7.11 Å². The highest BCUT2D eigenvalue weighted by atomic mass is 32.2. The number of hydrogen-bond acceptors (Lipinski definition) is 4. The first-order valence-electron chi connectivity index (χ1n) is 6.39. The third kappa shape index (κ3) is 3.19. The SMILES string of the molecule is COc1cccc(SC2CCOCC2)c1C(C)N. The van der Waals surface area contributed by atoms with Crippen molar-refractivity contribution in [2.45, 2.75) is 36.0 Å². The quantitative estimate of drug-likeness (QED) is 0.911. The number of nitrogens with two attached hydrogens (primary N) is 1. The third-order valence-electron chi connectivity index (χ3n) is 3.16. The number of ether oxygens (including phenoxy) is 2. The summed E-state index contributed by atoms with van der Waals surface area (Å²) in [5, 5.41) is 0.628. The molecule has 0 spiro atoms. The van der Waals surface area contributed by atoms with Crippen LogP contribution >= 0.6 is 11.8 Å². The van der Waals surface area contributed by atoms with Gasteiger partial charge in [0.25, 0.3) is 0 Å². The predicted molar refractivity (Wildman–Crippen MR) is 75.3 cm³/mol.